The van der Waals surface area contributed by atoms with E-state index in [2.05, 4.69) is 0 Å². The third-order valence-corrected chi connectivity index (χ3v) is 3.18. The summed E-state index contributed by atoms with van der Waals surface area (Å²) in [5.41, 5.74) is 0. The molecule has 0 fully saturated rings. The average Bonchev–Trinajstić information content (AvgIpc) is 2.17. The fourth-order valence-corrected chi connectivity index (χ4v) is 1.91. The van der Waals surface area contributed by atoms with E-state index in [-0.39, 0.29) is 11.2 Å². The Labute approximate surface area is 99.6 Å². The van der Waals surface area contributed by atoms with Gasteiger partial charge in [0.25, 0.3) is 9.05 Å². The molecule has 1 atom stereocenters. The number of benzene rings is 1. The lowest BCUT2D eigenvalue weighted by molar-refractivity contribution is -0.0613. The molecule has 6 heteroatoms. The van der Waals surface area contributed by atoms with Crippen LogP contribution >= 0.6 is 10.7 Å². The van der Waals surface area contributed by atoms with Crippen molar-refractivity contribution in [2.24, 2.45) is 0 Å². The summed E-state index contributed by atoms with van der Waals surface area (Å²) in [6, 6.07) is 5.84. The molecule has 0 amide bonds. The normalized spacial score (nSPS) is 13.4. The van der Waals surface area contributed by atoms with Gasteiger partial charge >= 0.3 is 0 Å². The number of rotatable bonds is 5. The van der Waals surface area contributed by atoms with E-state index in [0.29, 0.717) is 12.4 Å². The Kier molecular flexibility index (Phi) is 4.58. The minimum atomic E-state index is -3.67. The smallest absolute Gasteiger partial charge is 0.261 e. The first kappa shape index (κ1) is 13.3. The average molecular weight is 265 g/mol. The van der Waals surface area contributed by atoms with Crippen molar-refractivity contribution < 1.29 is 17.9 Å². The van der Waals surface area contributed by atoms with E-state index in [9.17, 15) is 8.42 Å². The molecule has 0 saturated heterocycles. The van der Waals surface area contributed by atoms with Crippen LogP contribution in [0.3, 0.4) is 0 Å². The zero-order valence-electron chi connectivity index (χ0n) is 9.01. The first-order valence-corrected chi connectivity index (χ1v) is 7.07. The fourth-order valence-electron chi connectivity index (χ4n) is 1.14. The lowest BCUT2D eigenvalue weighted by atomic mass is 10.3. The summed E-state index contributed by atoms with van der Waals surface area (Å²) in [6.45, 7) is 4.17. The molecule has 0 spiro atoms. The Morgan fingerprint density at radius 2 is 1.88 bits per heavy atom. The van der Waals surface area contributed by atoms with Crippen LogP contribution in [-0.4, -0.2) is 21.3 Å². The van der Waals surface area contributed by atoms with Crippen molar-refractivity contribution in [1.29, 1.82) is 0 Å². The van der Waals surface area contributed by atoms with Crippen LogP contribution in [0.15, 0.2) is 29.2 Å². The molecule has 0 aromatic heterocycles. The minimum Gasteiger partial charge on any atom is -0.465 e. The highest BCUT2D eigenvalue weighted by Gasteiger charge is 2.10. The van der Waals surface area contributed by atoms with Crippen LogP contribution in [0, 0.1) is 0 Å². The van der Waals surface area contributed by atoms with Gasteiger partial charge in [0.15, 0.2) is 6.29 Å². The number of halogens is 1. The van der Waals surface area contributed by atoms with E-state index >= 15 is 0 Å². The van der Waals surface area contributed by atoms with Gasteiger partial charge in [-0.1, -0.05) is 0 Å². The van der Waals surface area contributed by atoms with Gasteiger partial charge in [-0.15, -0.1) is 0 Å². The molecule has 0 N–H and O–H groups in total. The van der Waals surface area contributed by atoms with Crippen LogP contribution in [0.25, 0.3) is 0 Å². The molecule has 1 unspecified atom stereocenters. The molecule has 1 aromatic rings. The molecule has 0 radical (unpaired) electrons. The maximum Gasteiger partial charge on any atom is 0.261 e. The SMILES string of the molecule is CCOC(C)Oc1ccc(S(=O)(=O)Cl)cc1. The Morgan fingerprint density at radius 3 is 2.31 bits per heavy atom. The van der Waals surface area contributed by atoms with Crippen molar-refractivity contribution in [3.05, 3.63) is 24.3 Å². The molecule has 16 heavy (non-hydrogen) atoms. The van der Waals surface area contributed by atoms with Gasteiger partial charge in [0.1, 0.15) is 5.75 Å². The molecule has 1 rings (SSSR count). The van der Waals surface area contributed by atoms with Gasteiger partial charge < -0.3 is 9.47 Å². The Hall–Kier alpha value is -0.780. The van der Waals surface area contributed by atoms with Gasteiger partial charge in [0.2, 0.25) is 0 Å². The predicted molar refractivity (Wildman–Crippen MR) is 61.2 cm³/mol. The fraction of sp³-hybridized carbons (Fsp3) is 0.400. The topological polar surface area (TPSA) is 52.6 Å². The van der Waals surface area contributed by atoms with Crippen LogP contribution in [0.2, 0.25) is 0 Å². The molecule has 0 aliphatic carbocycles. The predicted octanol–water partition coefficient (Wildman–Crippen LogP) is 2.38. The van der Waals surface area contributed by atoms with Crippen LogP contribution < -0.4 is 4.74 Å². The van der Waals surface area contributed by atoms with E-state index in [4.69, 9.17) is 20.2 Å². The second-order valence-corrected chi connectivity index (χ2v) is 5.62. The first-order chi connectivity index (χ1) is 7.43. The van der Waals surface area contributed by atoms with Crippen molar-refractivity contribution in [3.8, 4) is 5.75 Å². The molecule has 0 bridgehead atoms. The standard InChI is InChI=1S/C10H13ClO4S/c1-3-14-8(2)15-9-4-6-10(7-5-9)16(11,12)13/h4-8H,3H2,1-2H3. The van der Waals surface area contributed by atoms with Crippen molar-refractivity contribution in [2.45, 2.75) is 25.0 Å². The van der Waals surface area contributed by atoms with Crippen LogP contribution in [0.5, 0.6) is 5.75 Å². The van der Waals surface area contributed by atoms with E-state index < -0.39 is 9.05 Å². The quantitative estimate of drug-likeness (QED) is 0.605. The zero-order valence-corrected chi connectivity index (χ0v) is 10.6. The molecular formula is C10H13ClO4S. The third kappa shape index (κ3) is 4.00. The van der Waals surface area contributed by atoms with E-state index in [1.54, 1.807) is 6.92 Å². The summed E-state index contributed by atoms with van der Waals surface area (Å²) >= 11 is 0. The second-order valence-electron chi connectivity index (χ2n) is 3.05. The zero-order chi connectivity index (χ0) is 12.2. The van der Waals surface area contributed by atoms with E-state index in [1.807, 2.05) is 6.92 Å². The number of hydrogen-bond acceptors (Lipinski definition) is 4. The molecule has 90 valence electrons. The van der Waals surface area contributed by atoms with Crippen molar-refractivity contribution >= 4 is 19.7 Å². The highest BCUT2D eigenvalue weighted by Crippen LogP contribution is 2.19. The van der Waals surface area contributed by atoms with E-state index in [0.717, 1.165) is 0 Å². The van der Waals surface area contributed by atoms with Gasteiger partial charge in [-0.25, -0.2) is 8.42 Å². The minimum absolute atomic E-state index is 0.0468. The molecule has 0 aliphatic heterocycles. The monoisotopic (exact) mass is 264 g/mol. The highest BCUT2D eigenvalue weighted by atomic mass is 35.7. The Balaban J connectivity index is 2.72. The van der Waals surface area contributed by atoms with Gasteiger partial charge in [0.05, 0.1) is 4.90 Å². The summed E-state index contributed by atoms with van der Waals surface area (Å²) in [4.78, 5) is 0.0468. The number of ether oxygens (including phenoxy) is 2. The molecule has 4 nitrogen and oxygen atoms in total. The summed E-state index contributed by atoms with van der Waals surface area (Å²) in [5.74, 6) is 0.532. The van der Waals surface area contributed by atoms with Gasteiger partial charge in [-0.2, -0.15) is 0 Å². The molecule has 0 aliphatic rings. The van der Waals surface area contributed by atoms with Crippen LogP contribution in [0.4, 0.5) is 0 Å². The molecule has 0 saturated carbocycles. The van der Waals surface area contributed by atoms with Crippen molar-refractivity contribution in [3.63, 3.8) is 0 Å². The summed E-state index contributed by atoms with van der Waals surface area (Å²) in [6.07, 6.45) is -0.372. The van der Waals surface area contributed by atoms with Crippen LogP contribution in [-0.2, 0) is 13.8 Å². The molecular weight excluding hydrogens is 252 g/mol. The van der Waals surface area contributed by atoms with Gasteiger partial charge in [0, 0.05) is 17.3 Å². The van der Waals surface area contributed by atoms with Crippen molar-refractivity contribution in [1.82, 2.24) is 0 Å². The third-order valence-electron chi connectivity index (χ3n) is 1.81. The van der Waals surface area contributed by atoms with E-state index in [1.165, 1.54) is 24.3 Å². The largest absolute Gasteiger partial charge is 0.465 e. The second kappa shape index (κ2) is 5.52. The van der Waals surface area contributed by atoms with Gasteiger partial charge in [-0.3, -0.25) is 0 Å². The first-order valence-electron chi connectivity index (χ1n) is 4.76. The summed E-state index contributed by atoms with van der Waals surface area (Å²) < 4.78 is 32.5. The summed E-state index contributed by atoms with van der Waals surface area (Å²) in [7, 11) is 1.50. The lowest BCUT2D eigenvalue weighted by Gasteiger charge is -2.14. The van der Waals surface area contributed by atoms with Crippen LogP contribution in [0.1, 0.15) is 13.8 Å². The number of hydrogen-bond donors (Lipinski definition) is 0. The summed E-state index contributed by atoms with van der Waals surface area (Å²) in [5, 5.41) is 0. The lowest BCUT2D eigenvalue weighted by Crippen LogP contribution is -2.15. The molecule has 0 heterocycles. The van der Waals surface area contributed by atoms with Crippen molar-refractivity contribution in [2.75, 3.05) is 6.61 Å². The van der Waals surface area contributed by atoms with Gasteiger partial charge in [-0.05, 0) is 38.1 Å². The highest BCUT2D eigenvalue weighted by molar-refractivity contribution is 8.13. The Morgan fingerprint density at radius 1 is 1.31 bits per heavy atom. The maximum atomic E-state index is 11.0. The maximum absolute atomic E-state index is 11.0. The molecule has 1 aromatic carbocycles. The Bertz CT molecular complexity index is 427.